The lowest BCUT2D eigenvalue weighted by Gasteiger charge is -2.21. The van der Waals surface area contributed by atoms with Gasteiger partial charge < -0.3 is 4.90 Å². The Morgan fingerprint density at radius 2 is 1.62 bits per heavy atom. The molecule has 2 aromatic carbocycles. The number of allylic oxidation sites excluding steroid dienone is 1. The summed E-state index contributed by atoms with van der Waals surface area (Å²) in [5, 5.41) is 18.5. The predicted molar refractivity (Wildman–Crippen MR) is 83.4 cm³/mol. The fraction of sp³-hybridized carbons (Fsp3) is 0.0588. The van der Waals surface area contributed by atoms with E-state index in [0.29, 0.717) is 11.6 Å². The molecule has 0 atom stereocenters. The van der Waals surface area contributed by atoms with Gasteiger partial charge >= 0.3 is 0 Å². The largest absolute Gasteiger partial charge is 0.340 e. The van der Waals surface area contributed by atoms with E-state index in [1.54, 1.807) is 11.0 Å². The minimum Gasteiger partial charge on any atom is -0.340 e. The number of para-hydroxylation sites is 1. The molecule has 0 aliphatic heterocycles. The molecule has 0 bridgehead atoms. The number of nitrogens with zero attached hydrogens (tertiary/aromatic N) is 3. The Labute approximate surface area is 128 Å². The molecule has 4 heteroatoms. The van der Waals surface area contributed by atoms with Gasteiger partial charge in [0.05, 0.1) is 10.7 Å². The van der Waals surface area contributed by atoms with E-state index in [9.17, 15) is 0 Å². The monoisotopic (exact) mass is 293 g/mol. The first-order valence-corrected chi connectivity index (χ1v) is 6.69. The van der Waals surface area contributed by atoms with E-state index in [-0.39, 0.29) is 5.57 Å². The van der Waals surface area contributed by atoms with Crippen molar-refractivity contribution in [3.63, 3.8) is 0 Å². The van der Waals surface area contributed by atoms with Crippen LogP contribution in [0.3, 0.4) is 0 Å². The van der Waals surface area contributed by atoms with Gasteiger partial charge in [0.1, 0.15) is 17.7 Å². The van der Waals surface area contributed by atoms with Crippen LogP contribution in [0.2, 0.25) is 5.02 Å². The number of benzene rings is 2. The molecule has 0 aromatic heterocycles. The summed E-state index contributed by atoms with van der Waals surface area (Å²) in [7, 11) is 0. The second kappa shape index (κ2) is 7.14. The fourth-order valence-electron chi connectivity index (χ4n) is 1.90. The van der Waals surface area contributed by atoms with Crippen molar-refractivity contribution in [2.75, 3.05) is 4.90 Å². The Morgan fingerprint density at radius 3 is 2.24 bits per heavy atom. The van der Waals surface area contributed by atoms with Crippen LogP contribution in [-0.4, -0.2) is 0 Å². The van der Waals surface area contributed by atoms with Crippen LogP contribution in [0.25, 0.3) is 0 Å². The first-order chi connectivity index (χ1) is 10.2. The van der Waals surface area contributed by atoms with Gasteiger partial charge in [-0.1, -0.05) is 54.1 Å². The summed E-state index contributed by atoms with van der Waals surface area (Å²) in [4.78, 5) is 1.80. The normalized spacial score (nSPS) is 9.29. The van der Waals surface area contributed by atoms with Gasteiger partial charge in [-0.15, -0.1) is 0 Å². The number of hydrogen-bond acceptors (Lipinski definition) is 3. The Balaban J connectivity index is 2.41. The molecule has 0 spiro atoms. The average molecular weight is 294 g/mol. The van der Waals surface area contributed by atoms with E-state index in [4.69, 9.17) is 22.1 Å². The molecule has 0 radical (unpaired) electrons. The average Bonchev–Trinajstić information content (AvgIpc) is 2.53. The van der Waals surface area contributed by atoms with Crippen molar-refractivity contribution in [2.45, 2.75) is 6.54 Å². The molecule has 0 saturated carbocycles. The van der Waals surface area contributed by atoms with Crippen LogP contribution in [0.1, 0.15) is 5.56 Å². The summed E-state index contributed by atoms with van der Waals surface area (Å²) in [6.07, 6.45) is 1.52. The second-order valence-corrected chi connectivity index (χ2v) is 4.74. The van der Waals surface area contributed by atoms with Gasteiger partial charge in [-0.2, -0.15) is 10.5 Å². The van der Waals surface area contributed by atoms with E-state index in [2.05, 4.69) is 0 Å². The van der Waals surface area contributed by atoms with Crippen molar-refractivity contribution < 1.29 is 0 Å². The Hall–Kier alpha value is -2.75. The van der Waals surface area contributed by atoms with Crippen molar-refractivity contribution in [3.05, 3.63) is 77.0 Å². The van der Waals surface area contributed by atoms with Crippen LogP contribution in [0.4, 0.5) is 5.69 Å². The second-order valence-electron chi connectivity index (χ2n) is 4.33. The molecule has 0 aliphatic carbocycles. The molecule has 0 saturated heterocycles. The number of hydrogen-bond donors (Lipinski definition) is 0. The fourth-order valence-corrected chi connectivity index (χ4v) is 2.15. The highest BCUT2D eigenvalue weighted by Crippen LogP contribution is 2.27. The van der Waals surface area contributed by atoms with E-state index >= 15 is 0 Å². The maximum absolute atomic E-state index is 8.96. The summed E-state index contributed by atoms with van der Waals surface area (Å²) in [5.41, 5.74) is 1.85. The van der Waals surface area contributed by atoms with Crippen LogP contribution >= 0.6 is 11.6 Å². The smallest absolute Gasteiger partial charge is 0.145 e. The number of rotatable bonds is 4. The van der Waals surface area contributed by atoms with Gasteiger partial charge in [-0.3, -0.25) is 0 Å². The molecular weight excluding hydrogens is 282 g/mol. The molecule has 2 aromatic rings. The van der Waals surface area contributed by atoms with Gasteiger partial charge in [0.25, 0.3) is 0 Å². The van der Waals surface area contributed by atoms with E-state index < -0.39 is 0 Å². The first kappa shape index (κ1) is 14.7. The standard InChI is InChI=1S/C17H12ClN3/c18-16-8-4-5-9-17(16)21(13-15(10-19)11-20)12-14-6-2-1-3-7-14/h1-9,13H,12H2. The molecule has 21 heavy (non-hydrogen) atoms. The summed E-state index contributed by atoms with van der Waals surface area (Å²) >= 11 is 6.22. The van der Waals surface area contributed by atoms with Gasteiger partial charge in [0.2, 0.25) is 0 Å². The Kier molecular flexibility index (Phi) is 4.99. The zero-order chi connectivity index (χ0) is 15.1. The van der Waals surface area contributed by atoms with Crippen LogP contribution in [0.5, 0.6) is 0 Å². The highest BCUT2D eigenvalue weighted by molar-refractivity contribution is 6.33. The lowest BCUT2D eigenvalue weighted by molar-refractivity contribution is 0.964. The summed E-state index contributed by atoms with van der Waals surface area (Å²) in [6, 6.07) is 20.9. The van der Waals surface area contributed by atoms with Gasteiger partial charge in [0, 0.05) is 12.7 Å². The van der Waals surface area contributed by atoms with Crippen molar-refractivity contribution >= 4 is 17.3 Å². The molecule has 0 aliphatic rings. The van der Waals surface area contributed by atoms with Crippen LogP contribution < -0.4 is 4.90 Å². The third kappa shape index (κ3) is 3.86. The topological polar surface area (TPSA) is 50.8 Å². The Bertz CT molecular complexity index is 708. The lowest BCUT2D eigenvalue weighted by atomic mass is 10.2. The molecule has 0 heterocycles. The first-order valence-electron chi connectivity index (χ1n) is 6.31. The number of anilines is 1. The minimum absolute atomic E-state index is 0.0332. The van der Waals surface area contributed by atoms with E-state index in [1.165, 1.54) is 6.20 Å². The molecule has 0 unspecified atom stereocenters. The van der Waals surface area contributed by atoms with Gasteiger partial charge in [0.15, 0.2) is 0 Å². The van der Waals surface area contributed by atoms with Gasteiger partial charge in [-0.25, -0.2) is 0 Å². The molecule has 0 fully saturated rings. The lowest BCUT2D eigenvalue weighted by Crippen LogP contribution is -2.16. The quantitative estimate of drug-likeness (QED) is 0.791. The summed E-state index contributed by atoms with van der Waals surface area (Å²) in [5.74, 6) is 0. The summed E-state index contributed by atoms with van der Waals surface area (Å²) in [6.45, 7) is 0.525. The molecular formula is C17H12ClN3. The van der Waals surface area contributed by atoms with Crippen molar-refractivity contribution in [3.8, 4) is 12.1 Å². The molecule has 0 N–H and O–H groups in total. The zero-order valence-electron chi connectivity index (χ0n) is 11.2. The summed E-state index contributed by atoms with van der Waals surface area (Å²) < 4.78 is 0. The highest BCUT2D eigenvalue weighted by Gasteiger charge is 2.10. The maximum atomic E-state index is 8.96. The third-order valence-electron chi connectivity index (χ3n) is 2.88. The molecule has 2 rings (SSSR count). The number of nitriles is 2. The van der Waals surface area contributed by atoms with Crippen LogP contribution in [0.15, 0.2) is 66.4 Å². The van der Waals surface area contributed by atoms with Crippen molar-refractivity contribution in [1.82, 2.24) is 0 Å². The van der Waals surface area contributed by atoms with Gasteiger partial charge in [-0.05, 0) is 17.7 Å². The van der Waals surface area contributed by atoms with E-state index in [0.717, 1.165) is 11.3 Å². The van der Waals surface area contributed by atoms with Crippen LogP contribution in [-0.2, 0) is 6.54 Å². The minimum atomic E-state index is 0.0332. The van der Waals surface area contributed by atoms with Crippen molar-refractivity contribution in [1.29, 1.82) is 10.5 Å². The molecule has 102 valence electrons. The van der Waals surface area contributed by atoms with Crippen LogP contribution in [0, 0.1) is 22.7 Å². The third-order valence-corrected chi connectivity index (χ3v) is 3.20. The molecule has 0 amide bonds. The zero-order valence-corrected chi connectivity index (χ0v) is 12.0. The van der Waals surface area contributed by atoms with Crippen molar-refractivity contribution in [2.24, 2.45) is 0 Å². The number of halogens is 1. The highest BCUT2D eigenvalue weighted by atomic mass is 35.5. The predicted octanol–water partition coefficient (Wildman–Crippen LogP) is 4.28. The maximum Gasteiger partial charge on any atom is 0.145 e. The SMILES string of the molecule is N#CC(C#N)=CN(Cc1ccccc1)c1ccccc1Cl. The Morgan fingerprint density at radius 1 is 1.00 bits per heavy atom. The van der Waals surface area contributed by atoms with E-state index in [1.807, 2.05) is 60.7 Å². The molecule has 3 nitrogen and oxygen atoms in total.